The number of aromatic nitrogens is 1. The van der Waals surface area contributed by atoms with Crippen molar-refractivity contribution >= 4 is 23.2 Å². The molecule has 0 radical (unpaired) electrons. The SMILES string of the molecule is CN(C(=O)c1cncc(F)c1)c1ccc(F)c(Cl)c1. The first-order valence-corrected chi connectivity index (χ1v) is 5.70. The van der Waals surface area contributed by atoms with Crippen molar-refractivity contribution in [3.8, 4) is 0 Å². The summed E-state index contributed by atoms with van der Waals surface area (Å²) in [6.45, 7) is 0. The van der Waals surface area contributed by atoms with Gasteiger partial charge in [-0.25, -0.2) is 8.78 Å². The van der Waals surface area contributed by atoms with Crippen molar-refractivity contribution < 1.29 is 13.6 Å². The van der Waals surface area contributed by atoms with E-state index in [1.165, 1.54) is 30.3 Å². The highest BCUT2D eigenvalue weighted by atomic mass is 35.5. The van der Waals surface area contributed by atoms with Crippen LogP contribution in [0.25, 0.3) is 0 Å². The van der Waals surface area contributed by atoms with Gasteiger partial charge in [0.15, 0.2) is 0 Å². The third-order valence-corrected chi connectivity index (χ3v) is 2.84. The van der Waals surface area contributed by atoms with E-state index in [0.717, 1.165) is 18.3 Å². The smallest absolute Gasteiger partial charge is 0.259 e. The molecule has 1 heterocycles. The third kappa shape index (κ3) is 2.88. The third-order valence-electron chi connectivity index (χ3n) is 2.55. The van der Waals surface area contributed by atoms with Gasteiger partial charge in [-0.2, -0.15) is 0 Å². The summed E-state index contributed by atoms with van der Waals surface area (Å²) < 4.78 is 26.1. The first kappa shape index (κ1) is 13.4. The fourth-order valence-corrected chi connectivity index (χ4v) is 1.71. The minimum Gasteiger partial charge on any atom is -0.311 e. The molecule has 98 valence electrons. The summed E-state index contributed by atoms with van der Waals surface area (Å²) >= 11 is 5.65. The highest BCUT2D eigenvalue weighted by Gasteiger charge is 2.15. The Morgan fingerprint density at radius 1 is 1.26 bits per heavy atom. The molecule has 0 fully saturated rings. The normalized spacial score (nSPS) is 10.3. The Morgan fingerprint density at radius 3 is 2.63 bits per heavy atom. The molecule has 0 unspecified atom stereocenters. The Hall–Kier alpha value is -2.01. The summed E-state index contributed by atoms with van der Waals surface area (Å²) in [6, 6.07) is 4.97. The van der Waals surface area contributed by atoms with E-state index >= 15 is 0 Å². The highest BCUT2D eigenvalue weighted by molar-refractivity contribution is 6.31. The van der Waals surface area contributed by atoms with Crippen LogP contribution in [0.1, 0.15) is 10.4 Å². The van der Waals surface area contributed by atoms with E-state index in [2.05, 4.69) is 4.98 Å². The van der Waals surface area contributed by atoms with Crippen LogP contribution >= 0.6 is 11.6 Å². The molecule has 1 aromatic carbocycles. The number of hydrogen-bond donors (Lipinski definition) is 0. The van der Waals surface area contributed by atoms with Gasteiger partial charge in [-0.3, -0.25) is 9.78 Å². The number of benzene rings is 1. The van der Waals surface area contributed by atoms with Crippen molar-refractivity contribution in [1.29, 1.82) is 0 Å². The maximum atomic E-state index is 13.0. The molecule has 0 aliphatic rings. The molecule has 3 nitrogen and oxygen atoms in total. The number of carbonyl (C=O) groups is 1. The minimum atomic E-state index is -0.601. The number of carbonyl (C=O) groups excluding carboxylic acids is 1. The lowest BCUT2D eigenvalue weighted by molar-refractivity contribution is 0.0992. The zero-order valence-electron chi connectivity index (χ0n) is 9.90. The number of anilines is 1. The molecule has 0 bridgehead atoms. The van der Waals surface area contributed by atoms with E-state index in [1.54, 1.807) is 0 Å². The molecule has 0 saturated carbocycles. The van der Waals surface area contributed by atoms with Crippen LogP contribution in [0.4, 0.5) is 14.5 Å². The number of hydrogen-bond acceptors (Lipinski definition) is 2. The Labute approximate surface area is 113 Å². The maximum absolute atomic E-state index is 13.0. The first-order chi connectivity index (χ1) is 8.99. The first-order valence-electron chi connectivity index (χ1n) is 5.32. The standard InChI is InChI=1S/C13H9ClF2N2O/c1-18(10-2-3-12(16)11(14)5-10)13(19)8-4-9(15)7-17-6-8/h2-7H,1H3. The average Bonchev–Trinajstić information content (AvgIpc) is 2.40. The monoisotopic (exact) mass is 282 g/mol. The second kappa shape index (κ2) is 5.32. The lowest BCUT2D eigenvalue weighted by Crippen LogP contribution is -2.26. The van der Waals surface area contributed by atoms with E-state index in [1.807, 2.05) is 0 Å². The van der Waals surface area contributed by atoms with E-state index in [-0.39, 0.29) is 10.6 Å². The summed E-state index contributed by atoms with van der Waals surface area (Å²) in [5.74, 6) is -1.63. The predicted molar refractivity (Wildman–Crippen MR) is 68.3 cm³/mol. The highest BCUT2D eigenvalue weighted by Crippen LogP contribution is 2.23. The van der Waals surface area contributed by atoms with E-state index in [0.29, 0.717) is 5.69 Å². The minimum absolute atomic E-state index is 0.0884. The van der Waals surface area contributed by atoms with Crippen LogP contribution in [0.5, 0.6) is 0 Å². The summed E-state index contributed by atoms with van der Waals surface area (Å²) in [5.41, 5.74) is 0.503. The summed E-state index contributed by atoms with van der Waals surface area (Å²) in [7, 11) is 1.48. The fourth-order valence-electron chi connectivity index (χ4n) is 1.53. The molecule has 0 N–H and O–H groups in total. The van der Waals surface area contributed by atoms with Gasteiger partial charge in [0.2, 0.25) is 0 Å². The van der Waals surface area contributed by atoms with Gasteiger partial charge in [0, 0.05) is 18.9 Å². The van der Waals surface area contributed by atoms with Gasteiger partial charge in [0.1, 0.15) is 11.6 Å². The number of rotatable bonds is 2. The van der Waals surface area contributed by atoms with E-state index < -0.39 is 17.5 Å². The number of halogens is 3. The Balaban J connectivity index is 2.30. The van der Waals surface area contributed by atoms with Crippen LogP contribution in [0.3, 0.4) is 0 Å². The summed E-state index contributed by atoms with van der Waals surface area (Å²) in [6.07, 6.45) is 2.26. The molecule has 0 spiro atoms. The molecule has 6 heteroatoms. The molecular formula is C13H9ClF2N2O. The van der Waals surface area contributed by atoms with Crippen LogP contribution in [0, 0.1) is 11.6 Å². The van der Waals surface area contributed by atoms with Gasteiger partial charge < -0.3 is 4.90 Å². The zero-order chi connectivity index (χ0) is 14.0. The lowest BCUT2D eigenvalue weighted by atomic mass is 10.2. The van der Waals surface area contributed by atoms with Crippen molar-refractivity contribution in [2.45, 2.75) is 0 Å². The fraction of sp³-hybridized carbons (Fsp3) is 0.0769. The molecule has 1 amide bonds. The van der Waals surface area contributed by atoms with Crippen LogP contribution in [-0.2, 0) is 0 Å². The maximum Gasteiger partial charge on any atom is 0.259 e. The van der Waals surface area contributed by atoms with Gasteiger partial charge in [-0.1, -0.05) is 11.6 Å². The number of amides is 1. The van der Waals surface area contributed by atoms with Gasteiger partial charge in [0.25, 0.3) is 5.91 Å². The molecular weight excluding hydrogens is 274 g/mol. The van der Waals surface area contributed by atoms with E-state index in [4.69, 9.17) is 11.6 Å². The quantitative estimate of drug-likeness (QED) is 0.847. The summed E-state index contributed by atoms with van der Waals surface area (Å²) in [5, 5.41) is -0.0884. The van der Waals surface area contributed by atoms with Gasteiger partial charge in [0.05, 0.1) is 16.8 Å². The second-order valence-electron chi connectivity index (χ2n) is 3.85. The van der Waals surface area contributed by atoms with Crippen molar-refractivity contribution in [3.05, 3.63) is 58.9 Å². The van der Waals surface area contributed by atoms with Crippen LogP contribution in [-0.4, -0.2) is 17.9 Å². The molecule has 19 heavy (non-hydrogen) atoms. The number of pyridine rings is 1. The van der Waals surface area contributed by atoms with Crippen LogP contribution in [0.15, 0.2) is 36.7 Å². The Kier molecular flexibility index (Phi) is 3.76. The second-order valence-corrected chi connectivity index (χ2v) is 4.26. The molecule has 0 saturated heterocycles. The van der Waals surface area contributed by atoms with Gasteiger partial charge >= 0.3 is 0 Å². The predicted octanol–water partition coefficient (Wildman–Crippen LogP) is 3.29. The molecule has 0 atom stereocenters. The van der Waals surface area contributed by atoms with Crippen molar-refractivity contribution in [2.75, 3.05) is 11.9 Å². The average molecular weight is 283 g/mol. The van der Waals surface area contributed by atoms with Gasteiger partial charge in [-0.15, -0.1) is 0 Å². The zero-order valence-corrected chi connectivity index (χ0v) is 10.7. The molecule has 2 aromatic rings. The van der Waals surface area contributed by atoms with E-state index in [9.17, 15) is 13.6 Å². The number of nitrogens with zero attached hydrogens (tertiary/aromatic N) is 2. The van der Waals surface area contributed by atoms with Crippen molar-refractivity contribution in [1.82, 2.24) is 4.98 Å². The molecule has 0 aliphatic carbocycles. The largest absolute Gasteiger partial charge is 0.311 e. The Morgan fingerprint density at radius 2 is 2.00 bits per heavy atom. The topological polar surface area (TPSA) is 33.2 Å². The van der Waals surface area contributed by atoms with Crippen molar-refractivity contribution in [2.24, 2.45) is 0 Å². The lowest BCUT2D eigenvalue weighted by Gasteiger charge is -2.17. The van der Waals surface area contributed by atoms with Crippen molar-refractivity contribution in [3.63, 3.8) is 0 Å². The summed E-state index contributed by atoms with van der Waals surface area (Å²) in [4.78, 5) is 16.9. The van der Waals surface area contributed by atoms with Crippen LogP contribution < -0.4 is 4.90 Å². The van der Waals surface area contributed by atoms with Crippen LogP contribution in [0.2, 0.25) is 5.02 Å². The van der Waals surface area contributed by atoms with Gasteiger partial charge in [-0.05, 0) is 24.3 Å². The molecule has 2 rings (SSSR count). The molecule has 0 aliphatic heterocycles. The molecule has 1 aromatic heterocycles. The Bertz CT molecular complexity index is 634.